The Hall–Kier alpha value is -4.69. The molecule has 0 aliphatic heterocycles. The number of aromatic nitrogens is 2. The molecule has 2 heterocycles. The summed E-state index contributed by atoms with van der Waals surface area (Å²) in [6.07, 6.45) is 1.96. The molecule has 0 saturated heterocycles. The van der Waals surface area contributed by atoms with Crippen molar-refractivity contribution in [2.45, 2.75) is 5.41 Å². The predicted octanol–water partition coefficient (Wildman–Crippen LogP) is 8.21. The van der Waals surface area contributed by atoms with E-state index in [4.69, 9.17) is 4.98 Å². The van der Waals surface area contributed by atoms with Gasteiger partial charge in [0.1, 0.15) is 0 Å². The molecule has 0 atom stereocenters. The SMILES string of the molecule is c1ccc2c(c1)-c1ccccc1C21c2ncccc2-c2cc3[nH]c4ccccc4c3c3cccc1c23. The molecule has 2 nitrogen and oxygen atoms in total. The largest absolute Gasteiger partial charge is 0.354 e. The van der Waals surface area contributed by atoms with E-state index in [1.807, 2.05) is 6.20 Å². The van der Waals surface area contributed by atoms with Crippen molar-refractivity contribution in [3.05, 3.63) is 138 Å². The van der Waals surface area contributed by atoms with Crippen molar-refractivity contribution in [1.82, 2.24) is 9.97 Å². The summed E-state index contributed by atoms with van der Waals surface area (Å²) in [5.74, 6) is 0. The molecule has 9 rings (SSSR count). The van der Waals surface area contributed by atoms with Crippen LogP contribution in [0, 0.1) is 0 Å². The lowest BCUT2D eigenvalue weighted by Gasteiger charge is -2.38. The zero-order valence-electron chi connectivity index (χ0n) is 19.4. The lowest BCUT2D eigenvalue weighted by Crippen LogP contribution is -2.32. The van der Waals surface area contributed by atoms with E-state index in [2.05, 4.69) is 114 Å². The first-order chi connectivity index (χ1) is 17.9. The van der Waals surface area contributed by atoms with Crippen molar-refractivity contribution in [2.75, 3.05) is 0 Å². The van der Waals surface area contributed by atoms with Gasteiger partial charge in [-0.15, -0.1) is 0 Å². The maximum absolute atomic E-state index is 5.15. The van der Waals surface area contributed by atoms with Gasteiger partial charge in [0.15, 0.2) is 0 Å². The van der Waals surface area contributed by atoms with Crippen molar-refractivity contribution >= 4 is 32.6 Å². The Kier molecular flexibility index (Phi) is 3.26. The minimum Gasteiger partial charge on any atom is -0.354 e. The van der Waals surface area contributed by atoms with Gasteiger partial charge in [0.05, 0.1) is 11.1 Å². The van der Waals surface area contributed by atoms with Crippen LogP contribution in [0.4, 0.5) is 0 Å². The molecule has 36 heavy (non-hydrogen) atoms. The van der Waals surface area contributed by atoms with Crippen LogP contribution in [0.1, 0.15) is 22.4 Å². The number of nitrogens with one attached hydrogen (secondary N) is 1. The lowest BCUT2D eigenvalue weighted by atomic mass is 9.63. The van der Waals surface area contributed by atoms with E-state index in [0.717, 1.165) is 5.69 Å². The summed E-state index contributed by atoms with van der Waals surface area (Å²) in [4.78, 5) is 8.84. The third kappa shape index (κ3) is 1.97. The topological polar surface area (TPSA) is 28.7 Å². The van der Waals surface area contributed by atoms with Crippen molar-refractivity contribution in [3.8, 4) is 22.3 Å². The molecule has 0 bridgehead atoms. The van der Waals surface area contributed by atoms with Gasteiger partial charge in [-0.3, -0.25) is 4.98 Å². The number of hydrogen-bond donors (Lipinski definition) is 1. The number of hydrogen-bond acceptors (Lipinski definition) is 1. The molecule has 0 unspecified atom stereocenters. The second-order valence-corrected chi connectivity index (χ2v) is 9.99. The van der Waals surface area contributed by atoms with Crippen LogP contribution >= 0.6 is 0 Å². The number of fused-ring (bicyclic) bond motifs is 13. The zero-order valence-corrected chi connectivity index (χ0v) is 19.4. The molecule has 0 fully saturated rings. The van der Waals surface area contributed by atoms with Gasteiger partial charge in [0, 0.05) is 33.6 Å². The van der Waals surface area contributed by atoms with Gasteiger partial charge in [0.2, 0.25) is 0 Å². The van der Waals surface area contributed by atoms with E-state index in [-0.39, 0.29) is 0 Å². The summed E-state index contributed by atoms with van der Waals surface area (Å²) < 4.78 is 0. The number of para-hydroxylation sites is 1. The number of aromatic amines is 1. The second-order valence-electron chi connectivity index (χ2n) is 9.99. The molecule has 1 N–H and O–H groups in total. The molecule has 166 valence electrons. The average molecular weight is 457 g/mol. The molecule has 0 saturated carbocycles. The van der Waals surface area contributed by atoms with Crippen molar-refractivity contribution in [2.24, 2.45) is 0 Å². The minimum absolute atomic E-state index is 0.448. The van der Waals surface area contributed by atoms with Crippen molar-refractivity contribution in [1.29, 1.82) is 0 Å². The molecule has 2 aromatic heterocycles. The number of rotatable bonds is 0. The van der Waals surface area contributed by atoms with Crippen LogP contribution in [0.5, 0.6) is 0 Å². The fourth-order valence-corrected chi connectivity index (χ4v) is 7.18. The first-order valence-corrected chi connectivity index (χ1v) is 12.5. The van der Waals surface area contributed by atoms with Crippen LogP contribution in [-0.4, -0.2) is 9.97 Å². The zero-order chi connectivity index (χ0) is 23.4. The van der Waals surface area contributed by atoms with Crippen molar-refractivity contribution < 1.29 is 0 Å². The van der Waals surface area contributed by atoms with Gasteiger partial charge >= 0.3 is 0 Å². The van der Waals surface area contributed by atoms with Crippen LogP contribution in [-0.2, 0) is 5.41 Å². The summed E-state index contributed by atoms with van der Waals surface area (Å²) in [5, 5.41) is 5.21. The smallest absolute Gasteiger partial charge is 0.0898 e. The highest BCUT2D eigenvalue weighted by Gasteiger charge is 2.51. The van der Waals surface area contributed by atoms with Crippen LogP contribution in [0.2, 0.25) is 0 Å². The summed E-state index contributed by atoms with van der Waals surface area (Å²) >= 11 is 0. The third-order valence-electron chi connectivity index (χ3n) is 8.44. The van der Waals surface area contributed by atoms with Gasteiger partial charge in [-0.2, -0.15) is 0 Å². The highest BCUT2D eigenvalue weighted by Crippen LogP contribution is 2.61. The van der Waals surface area contributed by atoms with E-state index in [9.17, 15) is 0 Å². The van der Waals surface area contributed by atoms with Gasteiger partial charge in [-0.05, 0) is 62.4 Å². The molecule has 2 aliphatic carbocycles. The fourth-order valence-electron chi connectivity index (χ4n) is 7.18. The molecule has 1 spiro atoms. The standard InChI is InChI=1S/C34H20N2/c1-4-14-26-20(9-1)21-10-2-5-15-27(21)34(26)28-16-7-12-24-31(28)25(22-13-8-18-35-33(22)34)19-30-32(24)23-11-3-6-17-29(23)36-30/h1-19,36H. The van der Waals surface area contributed by atoms with E-state index < -0.39 is 5.41 Å². The monoisotopic (exact) mass is 456 g/mol. The molecule has 0 amide bonds. The maximum atomic E-state index is 5.15. The number of H-pyrrole nitrogens is 1. The molecular weight excluding hydrogens is 436 g/mol. The third-order valence-corrected chi connectivity index (χ3v) is 8.44. The molecule has 2 aliphatic rings. The predicted molar refractivity (Wildman–Crippen MR) is 147 cm³/mol. The minimum atomic E-state index is -0.448. The Bertz CT molecular complexity index is 2010. The summed E-state index contributed by atoms with van der Waals surface area (Å²) in [7, 11) is 0. The summed E-state index contributed by atoms with van der Waals surface area (Å²) in [5.41, 5.74) is 12.1. The van der Waals surface area contributed by atoms with Crippen LogP contribution in [0.3, 0.4) is 0 Å². The van der Waals surface area contributed by atoms with Gasteiger partial charge in [-0.25, -0.2) is 0 Å². The van der Waals surface area contributed by atoms with Crippen LogP contribution < -0.4 is 0 Å². The van der Waals surface area contributed by atoms with E-state index >= 15 is 0 Å². The first kappa shape index (κ1) is 18.6. The molecule has 7 aromatic rings. The van der Waals surface area contributed by atoms with Crippen LogP contribution in [0.15, 0.2) is 115 Å². The molecular formula is C34H20N2. The second kappa shape index (κ2) is 6.30. The van der Waals surface area contributed by atoms with Gasteiger partial charge in [-0.1, -0.05) is 91.0 Å². The Morgan fingerprint density at radius 1 is 0.500 bits per heavy atom. The first-order valence-electron chi connectivity index (χ1n) is 12.5. The molecule has 0 radical (unpaired) electrons. The normalized spacial score (nSPS) is 14.3. The Balaban J connectivity index is 1.58. The fraction of sp³-hybridized carbons (Fsp3) is 0.0294. The van der Waals surface area contributed by atoms with E-state index in [1.54, 1.807) is 0 Å². The summed E-state index contributed by atoms with van der Waals surface area (Å²) in [6, 6.07) is 40.0. The average Bonchev–Trinajstić information content (AvgIpc) is 3.46. The quantitative estimate of drug-likeness (QED) is 0.245. The number of pyridine rings is 1. The van der Waals surface area contributed by atoms with Crippen LogP contribution in [0.25, 0.3) is 54.8 Å². The Morgan fingerprint density at radius 2 is 1.17 bits per heavy atom. The highest BCUT2D eigenvalue weighted by atomic mass is 14.7. The Labute approximate surface area is 207 Å². The van der Waals surface area contributed by atoms with E-state index in [1.165, 1.54) is 71.5 Å². The van der Waals surface area contributed by atoms with Crippen molar-refractivity contribution in [3.63, 3.8) is 0 Å². The molecule has 5 aromatic carbocycles. The van der Waals surface area contributed by atoms with Gasteiger partial charge in [0.25, 0.3) is 0 Å². The van der Waals surface area contributed by atoms with Gasteiger partial charge < -0.3 is 4.98 Å². The molecule has 2 heteroatoms. The Morgan fingerprint density at radius 3 is 2.00 bits per heavy atom. The number of benzene rings is 5. The highest BCUT2D eigenvalue weighted by molar-refractivity contribution is 6.25. The lowest BCUT2D eigenvalue weighted by molar-refractivity contribution is 0.739. The maximum Gasteiger partial charge on any atom is 0.0898 e. The number of nitrogens with zero attached hydrogens (tertiary/aromatic N) is 1. The van der Waals surface area contributed by atoms with E-state index in [0.29, 0.717) is 0 Å². The summed E-state index contributed by atoms with van der Waals surface area (Å²) in [6.45, 7) is 0.